The number of aryl methyl sites for hydroxylation is 1. The molecular formula is C10H15NO2S. The molecule has 0 amide bonds. The summed E-state index contributed by atoms with van der Waals surface area (Å²) < 4.78 is 0. The minimum Gasteiger partial charge on any atom is -0.477 e. The van der Waals surface area contributed by atoms with Gasteiger partial charge in [-0.05, 0) is 6.42 Å². The highest BCUT2D eigenvalue weighted by molar-refractivity contribution is 7.13. The molecule has 1 aromatic rings. The van der Waals surface area contributed by atoms with Crippen molar-refractivity contribution in [2.24, 2.45) is 0 Å². The molecule has 0 fully saturated rings. The van der Waals surface area contributed by atoms with E-state index in [1.165, 1.54) is 11.3 Å². The molecule has 0 aliphatic heterocycles. The topological polar surface area (TPSA) is 50.2 Å². The minimum absolute atomic E-state index is 0.309. The summed E-state index contributed by atoms with van der Waals surface area (Å²) >= 11 is 1.30. The Bertz CT molecular complexity index is 331. The molecule has 0 bridgehead atoms. The van der Waals surface area contributed by atoms with Gasteiger partial charge in [-0.3, -0.25) is 0 Å². The molecule has 3 nitrogen and oxygen atoms in total. The highest BCUT2D eigenvalue weighted by Crippen LogP contribution is 2.25. The highest BCUT2D eigenvalue weighted by atomic mass is 32.1. The third-order valence-electron chi connectivity index (χ3n) is 1.89. The Balaban J connectivity index is 3.05. The zero-order valence-electron chi connectivity index (χ0n) is 8.70. The van der Waals surface area contributed by atoms with Crippen molar-refractivity contribution in [3.63, 3.8) is 0 Å². The van der Waals surface area contributed by atoms with E-state index in [4.69, 9.17) is 5.11 Å². The van der Waals surface area contributed by atoms with Crippen LogP contribution in [0.5, 0.6) is 0 Å². The van der Waals surface area contributed by atoms with Crippen molar-refractivity contribution in [1.82, 2.24) is 4.98 Å². The van der Waals surface area contributed by atoms with Crippen LogP contribution in [-0.4, -0.2) is 16.1 Å². The Morgan fingerprint density at radius 3 is 2.64 bits per heavy atom. The maximum Gasteiger partial charge on any atom is 0.347 e. The molecule has 0 aromatic carbocycles. The van der Waals surface area contributed by atoms with Crippen LogP contribution in [0.3, 0.4) is 0 Å². The number of hydrogen-bond acceptors (Lipinski definition) is 3. The van der Waals surface area contributed by atoms with E-state index in [1.54, 1.807) is 0 Å². The van der Waals surface area contributed by atoms with Gasteiger partial charge in [-0.2, -0.15) is 0 Å². The molecule has 0 aliphatic carbocycles. The van der Waals surface area contributed by atoms with Crippen molar-refractivity contribution in [3.8, 4) is 0 Å². The second-order valence-electron chi connectivity index (χ2n) is 3.54. The van der Waals surface area contributed by atoms with E-state index >= 15 is 0 Å². The number of carboxylic acids is 1. The van der Waals surface area contributed by atoms with E-state index in [1.807, 2.05) is 20.8 Å². The van der Waals surface area contributed by atoms with Crippen LogP contribution in [0.15, 0.2) is 0 Å². The first-order valence-electron chi connectivity index (χ1n) is 4.79. The minimum atomic E-state index is -0.849. The number of rotatable bonds is 4. The van der Waals surface area contributed by atoms with Crippen LogP contribution in [0, 0.1) is 0 Å². The third-order valence-corrected chi connectivity index (χ3v) is 3.28. The number of nitrogens with zero attached hydrogens (tertiary/aromatic N) is 1. The molecule has 1 aromatic heterocycles. The summed E-state index contributed by atoms with van der Waals surface area (Å²) in [5.74, 6) is -0.540. The zero-order valence-corrected chi connectivity index (χ0v) is 9.52. The van der Waals surface area contributed by atoms with Crippen molar-refractivity contribution in [2.45, 2.75) is 39.5 Å². The summed E-state index contributed by atoms with van der Waals surface area (Å²) in [6, 6.07) is 0. The van der Waals surface area contributed by atoms with Crippen molar-refractivity contribution >= 4 is 17.3 Å². The Morgan fingerprint density at radius 2 is 2.21 bits per heavy atom. The van der Waals surface area contributed by atoms with E-state index in [9.17, 15) is 4.79 Å². The van der Waals surface area contributed by atoms with Gasteiger partial charge >= 0.3 is 5.97 Å². The Morgan fingerprint density at radius 1 is 1.57 bits per heavy atom. The van der Waals surface area contributed by atoms with Gasteiger partial charge < -0.3 is 5.11 Å². The number of carboxylic acid groups (broad SMARTS) is 1. The van der Waals surface area contributed by atoms with Crippen LogP contribution in [-0.2, 0) is 6.42 Å². The van der Waals surface area contributed by atoms with Gasteiger partial charge in [0.05, 0.1) is 10.7 Å². The lowest BCUT2D eigenvalue weighted by molar-refractivity contribution is 0.0700. The number of aromatic carboxylic acids is 1. The summed E-state index contributed by atoms with van der Waals surface area (Å²) in [5.41, 5.74) is 0.744. The largest absolute Gasteiger partial charge is 0.477 e. The van der Waals surface area contributed by atoms with E-state index < -0.39 is 5.97 Å². The van der Waals surface area contributed by atoms with E-state index in [2.05, 4.69) is 4.98 Å². The normalized spacial score (nSPS) is 10.9. The molecule has 0 aliphatic rings. The Labute approximate surface area is 87.8 Å². The van der Waals surface area contributed by atoms with Crippen LogP contribution < -0.4 is 0 Å². The van der Waals surface area contributed by atoms with Crippen molar-refractivity contribution in [2.75, 3.05) is 0 Å². The van der Waals surface area contributed by atoms with E-state index in [0.717, 1.165) is 23.5 Å². The molecule has 4 heteroatoms. The summed E-state index contributed by atoms with van der Waals surface area (Å²) in [5, 5.41) is 9.88. The maximum atomic E-state index is 10.9. The molecule has 0 spiro atoms. The molecule has 0 saturated heterocycles. The van der Waals surface area contributed by atoms with Crippen molar-refractivity contribution < 1.29 is 9.90 Å². The fourth-order valence-corrected chi connectivity index (χ4v) is 2.14. The second-order valence-corrected chi connectivity index (χ2v) is 4.57. The first kappa shape index (κ1) is 11.2. The first-order chi connectivity index (χ1) is 6.56. The Hall–Kier alpha value is -0.900. The van der Waals surface area contributed by atoms with Crippen LogP contribution in [0.2, 0.25) is 0 Å². The lowest BCUT2D eigenvalue weighted by Gasteiger charge is -1.95. The lowest BCUT2D eigenvalue weighted by atomic mass is 10.2. The molecule has 0 atom stereocenters. The van der Waals surface area contributed by atoms with Crippen molar-refractivity contribution in [3.05, 3.63) is 15.6 Å². The van der Waals surface area contributed by atoms with E-state index in [-0.39, 0.29) is 0 Å². The number of aromatic nitrogens is 1. The second kappa shape index (κ2) is 4.55. The molecule has 0 saturated carbocycles. The number of hydrogen-bond donors (Lipinski definition) is 1. The lowest BCUT2D eigenvalue weighted by Crippen LogP contribution is -1.98. The van der Waals surface area contributed by atoms with Gasteiger partial charge in [0.15, 0.2) is 0 Å². The molecule has 78 valence electrons. The highest BCUT2D eigenvalue weighted by Gasteiger charge is 2.17. The monoisotopic (exact) mass is 213 g/mol. The van der Waals surface area contributed by atoms with Crippen molar-refractivity contribution in [1.29, 1.82) is 0 Å². The predicted molar refractivity (Wildman–Crippen MR) is 57.2 cm³/mol. The SMILES string of the molecule is CCCc1nc(C(C)C)sc1C(=O)O. The fraction of sp³-hybridized carbons (Fsp3) is 0.600. The van der Waals surface area contributed by atoms with Crippen LogP contribution in [0.1, 0.15) is 53.5 Å². The molecule has 1 heterocycles. The molecular weight excluding hydrogens is 198 g/mol. The zero-order chi connectivity index (χ0) is 10.7. The Kier molecular flexibility index (Phi) is 3.63. The first-order valence-corrected chi connectivity index (χ1v) is 5.60. The van der Waals surface area contributed by atoms with Crippen LogP contribution in [0.4, 0.5) is 0 Å². The average molecular weight is 213 g/mol. The van der Waals surface area contributed by atoms with Gasteiger partial charge in [-0.15, -0.1) is 11.3 Å². The smallest absolute Gasteiger partial charge is 0.347 e. The van der Waals surface area contributed by atoms with E-state index in [0.29, 0.717) is 10.8 Å². The molecule has 14 heavy (non-hydrogen) atoms. The van der Waals surface area contributed by atoms with Gasteiger partial charge in [0, 0.05) is 5.92 Å². The third kappa shape index (κ3) is 2.32. The average Bonchev–Trinajstić information content (AvgIpc) is 2.49. The van der Waals surface area contributed by atoms with Gasteiger partial charge in [0.1, 0.15) is 4.88 Å². The van der Waals surface area contributed by atoms with Gasteiger partial charge in [0.2, 0.25) is 0 Å². The van der Waals surface area contributed by atoms with Gasteiger partial charge in [0.25, 0.3) is 0 Å². The molecule has 1 rings (SSSR count). The summed E-state index contributed by atoms with van der Waals surface area (Å²) in [6.07, 6.45) is 1.69. The van der Waals surface area contributed by atoms with Crippen LogP contribution in [0.25, 0.3) is 0 Å². The fourth-order valence-electron chi connectivity index (χ4n) is 1.19. The molecule has 0 unspecified atom stereocenters. The molecule has 0 radical (unpaired) electrons. The van der Waals surface area contributed by atoms with Gasteiger partial charge in [-0.1, -0.05) is 27.2 Å². The summed E-state index contributed by atoms with van der Waals surface area (Å²) in [4.78, 5) is 15.7. The summed E-state index contributed by atoms with van der Waals surface area (Å²) in [7, 11) is 0. The quantitative estimate of drug-likeness (QED) is 0.836. The number of carbonyl (C=O) groups is 1. The number of thiazole rings is 1. The van der Waals surface area contributed by atoms with Gasteiger partial charge in [-0.25, -0.2) is 9.78 Å². The molecule has 1 N–H and O–H groups in total. The summed E-state index contributed by atoms with van der Waals surface area (Å²) in [6.45, 7) is 6.08. The predicted octanol–water partition coefficient (Wildman–Crippen LogP) is 2.92. The standard InChI is InChI=1S/C10H15NO2S/c1-4-5-7-8(10(12)13)14-9(11-7)6(2)3/h6H,4-5H2,1-3H3,(H,12,13). The maximum absolute atomic E-state index is 10.9. The van der Waals surface area contributed by atoms with Crippen LogP contribution >= 0.6 is 11.3 Å².